The second-order valence-corrected chi connectivity index (χ2v) is 6.47. The third-order valence-corrected chi connectivity index (χ3v) is 5.14. The van der Waals surface area contributed by atoms with Crippen molar-refractivity contribution >= 4 is 11.8 Å². The van der Waals surface area contributed by atoms with Crippen molar-refractivity contribution in [3.05, 3.63) is 11.7 Å². The third-order valence-electron chi connectivity index (χ3n) is 3.78. The minimum Gasteiger partial charge on any atom is -0.338 e. The summed E-state index contributed by atoms with van der Waals surface area (Å²) < 4.78 is 5.27. The van der Waals surface area contributed by atoms with Crippen LogP contribution in [0.15, 0.2) is 4.52 Å². The van der Waals surface area contributed by atoms with Crippen molar-refractivity contribution in [3.8, 4) is 0 Å². The number of rotatable bonds is 6. The number of thioether (sulfide) groups is 1. The van der Waals surface area contributed by atoms with Crippen LogP contribution in [-0.2, 0) is 5.75 Å². The van der Waals surface area contributed by atoms with E-state index < -0.39 is 0 Å². The maximum Gasteiger partial charge on any atom is 0.243 e. The molecule has 0 aliphatic heterocycles. The monoisotopic (exact) mass is 269 g/mol. The van der Waals surface area contributed by atoms with Crippen molar-refractivity contribution in [2.24, 2.45) is 11.7 Å². The second kappa shape index (κ2) is 6.57. The van der Waals surface area contributed by atoms with E-state index in [1.165, 1.54) is 25.7 Å². The van der Waals surface area contributed by atoms with Gasteiger partial charge < -0.3 is 10.3 Å². The predicted octanol–water partition coefficient (Wildman–Crippen LogP) is 3.29. The first-order valence-corrected chi connectivity index (χ1v) is 7.95. The van der Waals surface area contributed by atoms with Crippen LogP contribution in [0.1, 0.15) is 63.7 Å². The zero-order chi connectivity index (χ0) is 13.0. The number of nitrogens with two attached hydrogens (primary N) is 1. The van der Waals surface area contributed by atoms with Gasteiger partial charge in [0.15, 0.2) is 5.82 Å². The highest BCUT2D eigenvalue weighted by molar-refractivity contribution is 7.99. The number of hydrogen-bond donors (Lipinski definition) is 1. The molecule has 0 saturated heterocycles. The van der Waals surface area contributed by atoms with Crippen molar-refractivity contribution < 1.29 is 4.52 Å². The smallest absolute Gasteiger partial charge is 0.243 e. The molecule has 2 N–H and O–H groups in total. The molecule has 5 heteroatoms. The Labute approximate surface area is 113 Å². The van der Waals surface area contributed by atoms with Crippen LogP contribution in [-0.4, -0.2) is 15.4 Å². The molecule has 4 nitrogen and oxygen atoms in total. The second-order valence-electron chi connectivity index (χ2n) is 5.18. The SMILES string of the molecule is CCC(C)C(N)c1nc(CSC2CCCC2)no1. The normalized spacial score (nSPS) is 20.2. The van der Waals surface area contributed by atoms with E-state index in [9.17, 15) is 0 Å². The van der Waals surface area contributed by atoms with E-state index in [-0.39, 0.29) is 6.04 Å². The maximum absolute atomic E-state index is 6.08. The van der Waals surface area contributed by atoms with Crippen LogP contribution in [0.4, 0.5) is 0 Å². The molecule has 1 aliphatic carbocycles. The third kappa shape index (κ3) is 3.48. The van der Waals surface area contributed by atoms with E-state index in [0.29, 0.717) is 11.8 Å². The highest BCUT2D eigenvalue weighted by Gasteiger charge is 2.21. The fraction of sp³-hybridized carbons (Fsp3) is 0.846. The zero-order valence-electron chi connectivity index (χ0n) is 11.3. The Morgan fingerprint density at radius 1 is 1.44 bits per heavy atom. The Morgan fingerprint density at radius 3 is 2.83 bits per heavy atom. The summed E-state index contributed by atoms with van der Waals surface area (Å²) in [5.74, 6) is 2.61. The van der Waals surface area contributed by atoms with Gasteiger partial charge in [-0.15, -0.1) is 0 Å². The van der Waals surface area contributed by atoms with Crippen LogP contribution in [0, 0.1) is 5.92 Å². The van der Waals surface area contributed by atoms with Crippen molar-refractivity contribution in [1.29, 1.82) is 0 Å². The Morgan fingerprint density at radius 2 is 2.17 bits per heavy atom. The largest absolute Gasteiger partial charge is 0.338 e. The van der Waals surface area contributed by atoms with E-state index in [2.05, 4.69) is 24.0 Å². The van der Waals surface area contributed by atoms with Gasteiger partial charge in [0.2, 0.25) is 5.89 Å². The molecule has 0 aromatic carbocycles. The minimum absolute atomic E-state index is 0.132. The van der Waals surface area contributed by atoms with Crippen LogP contribution >= 0.6 is 11.8 Å². The van der Waals surface area contributed by atoms with Gasteiger partial charge in [-0.3, -0.25) is 0 Å². The lowest BCUT2D eigenvalue weighted by Gasteiger charge is -2.13. The summed E-state index contributed by atoms with van der Waals surface area (Å²) in [7, 11) is 0. The van der Waals surface area contributed by atoms with Crippen molar-refractivity contribution in [3.63, 3.8) is 0 Å². The van der Waals surface area contributed by atoms with E-state index in [1.54, 1.807) is 0 Å². The quantitative estimate of drug-likeness (QED) is 0.858. The molecule has 0 spiro atoms. The molecule has 1 saturated carbocycles. The molecule has 1 aliphatic rings. The molecule has 1 aromatic rings. The molecule has 0 amide bonds. The lowest BCUT2D eigenvalue weighted by molar-refractivity contribution is 0.311. The molecule has 18 heavy (non-hydrogen) atoms. The van der Waals surface area contributed by atoms with Gasteiger partial charge in [0.1, 0.15) is 0 Å². The summed E-state index contributed by atoms with van der Waals surface area (Å²) in [5, 5.41) is 4.82. The van der Waals surface area contributed by atoms with Gasteiger partial charge in [-0.1, -0.05) is 38.3 Å². The maximum atomic E-state index is 6.08. The molecule has 2 unspecified atom stereocenters. The minimum atomic E-state index is -0.132. The van der Waals surface area contributed by atoms with Crippen LogP contribution in [0.3, 0.4) is 0 Å². The van der Waals surface area contributed by atoms with Gasteiger partial charge in [-0.05, 0) is 18.8 Å². The van der Waals surface area contributed by atoms with Crippen LogP contribution < -0.4 is 5.73 Å². The van der Waals surface area contributed by atoms with Crippen LogP contribution in [0.2, 0.25) is 0 Å². The predicted molar refractivity (Wildman–Crippen MR) is 74.2 cm³/mol. The summed E-state index contributed by atoms with van der Waals surface area (Å²) in [6, 6.07) is -0.132. The molecular formula is C13H23N3OS. The van der Waals surface area contributed by atoms with Gasteiger partial charge >= 0.3 is 0 Å². The molecule has 2 atom stereocenters. The Balaban J connectivity index is 1.85. The van der Waals surface area contributed by atoms with Crippen LogP contribution in [0.25, 0.3) is 0 Å². The highest BCUT2D eigenvalue weighted by Crippen LogP contribution is 2.31. The molecule has 2 rings (SSSR count). The fourth-order valence-electron chi connectivity index (χ4n) is 2.21. The van der Waals surface area contributed by atoms with Gasteiger partial charge in [-0.25, -0.2) is 0 Å². The van der Waals surface area contributed by atoms with E-state index in [4.69, 9.17) is 10.3 Å². The molecular weight excluding hydrogens is 246 g/mol. The topological polar surface area (TPSA) is 64.9 Å². The van der Waals surface area contributed by atoms with E-state index in [1.807, 2.05) is 11.8 Å². The summed E-state index contributed by atoms with van der Waals surface area (Å²) in [5.41, 5.74) is 6.08. The van der Waals surface area contributed by atoms with Crippen molar-refractivity contribution in [2.45, 2.75) is 63.0 Å². The summed E-state index contributed by atoms with van der Waals surface area (Å²) >= 11 is 1.95. The molecule has 1 aromatic heterocycles. The first-order valence-electron chi connectivity index (χ1n) is 6.90. The lowest BCUT2D eigenvalue weighted by Crippen LogP contribution is -2.18. The summed E-state index contributed by atoms with van der Waals surface area (Å²) in [6.45, 7) is 4.24. The lowest BCUT2D eigenvalue weighted by atomic mass is 10.0. The first kappa shape index (κ1) is 13.9. The molecule has 1 fully saturated rings. The van der Waals surface area contributed by atoms with Gasteiger partial charge in [0.05, 0.1) is 11.8 Å². The Hall–Kier alpha value is -0.550. The fourth-order valence-corrected chi connectivity index (χ4v) is 3.37. The Bertz CT molecular complexity index is 363. The number of hydrogen-bond acceptors (Lipinski definition) is 5. The molecule has 0 bridgehead atoms. The molecule has 102 valence electrons. The summed E-state index contributed by atoms with van der Waals surface area (Å²) in [6.07, 6.45) is 6.43. The van der Waals surface area contributed by atoms with E-state index >= 15 is 0 Å². The highest BCUT2D eigenvalue weighted by atomic mass is 32.2. The standard InChI is InChI=1S/C13H23N3OS/c1-3-9(2)12(14)13-15-11(16-17-13)8-18-10-6-4-5-7-10/h9-10,12H,3-8,14H2,1-2H3. The average Bonchev–Trinajstić information content (AvgIpc) is 3.05. The van der Waals surface area contributed by atoms with Gasteiger partial charge in [-0.2, -0.15) is 16.7 Å². The van der Waals surface area contributed by atoms with E-state index in [0.717, 1.165) is 23.2 Å². The Kier molecular flexibility index (Phi) is 5.06. The van der Waals surface area contributed by atoms with Gasteiger partial charge in [0, 0.05) is 5.25 Å². The molecule has 1 heterocycles. The van der Waals surface area contributed by atoms with Crippen molar-refractivity contribution in [2.75, 3.05) is 0 Å². The van der Waals surface area contributed by atoms with Crippen LogP contribution in [0.5, 0.6) is 0 Å². The zero-order valence-corrected chi connectivity index (χ0v) is 12.1. The average molecular weight is 269 g/mol. The van der Waals surface area contributed by atoms with Gasteiger partial charge in [0.25, 0.3) is 0 Å². The summed E-state index contributed by atoms with van der Waals surface area (Å²) in [4.78, 5) is 4.42. The number of aromatic nitrogens is 2. The molecule has 0 radical (unpaired) electrons. The first-order chi connectivity index (χ1) is 8.70. The van der Waals surface area contributed by atoms with Crippen molar-refractivity contribution in [1.82, 2.24) is 10.1 Å². The number of nitrogens with zero attached hydrogens (tertiary/aromatic N) is 2.